The minimum atomic E-state index is -0.667. The van der Waals surface area contributed by atoms with Gasteiger partial charge in [0.2, 0.25) is 0 Å². The molecular formula is C18H25NO3. The first kappa shape index (κ1) is 15.5. The van der Waals surface area contributed by atoms with Gasteiger partial charge in [0, 0.05) is 19.6 Å². The van der Waals surface area contributed by atoms with E-state index >= 15 is 0 Å². The lowest BCUT2D eigenvalue weighted by molar-refractivity contribution is -0.145. The number of ether oxygens (including phenoxy) is 1. The Balaban J connectivity index is 1.81. The van der Waals surface area contributed by atoms with Crippen LogP contribution in [0.25, 0.3) is 0 Å². The minimum Gasteiger partial charge on any atom is -0.481 e. The second kappa shape index (κ2) is 6.80. The van der Waals surface area contributed by atoms with Crippen LogP contribution in [0.3, 0.4) is 0 Å². The second-order valence-electron chi connectivity index (χ2n) is 6.54. The van der Waals surface area contributed by atoms with Gasteiger partial charge >= 0.3 is 5.97 Å². The fourth-order valence-electron chi connectivity index (χ4n) is 3.77. The van der Waals surface area contributed by atoms with Gasteiger partial charge in [0.05, 0.1) is 18.6 Å². The van der Waals surface area contributed by atoms with E-state index in [-0.39, 0.29) is 0 Å². The molecule has 0 bridgehead atoms. The summed E-state index contributed by atoms with van der Waals surface area (Å²) in [6.07, 6.45) is 4.72. The smallest absolute Gasteiger partial charge is 0.314 e. The van der Waals surface area contributed by atoms with Gasteiger partial charge in [-0.05, 0) is 24.0 Å². The molecule has 1 saturated heterocycles. The Bertz CT molecular complexity index is 517. The zero-order chi connectivity index (χ0) is 15.4. The molecule has 3 rings (SSSR count). The number of carbonyl (C=O) groups is 1. The van der Waals surface area contributed by atoms with Gasteiger partial charge in [0.15, 0.2) is 0 Å². The number of hydrogen-bond acceptors (Lipinski definition) is 3. The summed E-state index contributed by atoms with van der Waals surface area (Å²) in [5.41, 5.74) is 1.54. The maximum atomic E-state index is 12.0. The molecule has 1 N–H and O–H groups in total. The Kier molecular flexibility index (Phi) is 4.79. The number of morpholine rings is 1. The first-order valence-corrected chi connectivity index (χ1v) is 8.34. The monoisotopic (exact) mass is 303 g/mol. The van der Waals surface area contributed by atoms with Crippen molar-refractivity contribution in [1.82, 2.24) is 4.90 Å². The maximum absolute atomic E-state index is 12.0. The van der Waals surface area contributed by atoms with Crippen molar-refractivity contribution in [2.24, 2.45) is 0 Å². The van der Waals surface area contributed by atoms with Gasteiger partial charge in [-0.25, -0.2) is 0 Å². The summed E-state index contributed by atoms with van der Waals surface area (Å²) >= 11 is 0. The Morgan fingerprint density at radius 2 is 1.91 bits per heavy atom. The summed E-state index contributed by atoms with van der Waals surface area (Å²) in [5.74, 6) is -0.657. The summed E-state index contributed by atoms with van der Waals surface area (Å²) in [6.45, 7) is 4.37. The molecule has 1 aromatic carbocycles. The number of carboxylic acid groups (broad SMARTS) is 1. The van der Waals surface area contributed by atoms with E-state index in [2.05, 4.69) is 17.0 Å². The highest BCUT2D eigenvalue weighted by molar-refractivity contribution is 5.81. The van der Waals surface area contributed by atoms with Crippen LogP contribution in [0, 0.1) is 0 Å². The first-order valence-electron chi connectivity index (χ1n) is 8.34. The average Bonchev–Trinajstić information content (AvgIpc) is 2.56. The van der Waals surface area contributed by atoms with E-state index in [9.17, 15) is 9.90 Å². The molecule has 22 heavy (non-hydrogen) atoms. The molecular weight excluding hydrogens is 278 g/mol. The summed E-state index contributed by atoms with van der Waals surface area (Å²) in [4.78, 5) is 14.3. The second-order valence-corrected chi connectivity index (χ2v) is 6.54. The van der Waals surface area contributed by atoms with Crippen molar-refractivity contribution in [3.8, 4) is 0 Å². The van der Waals surface area contributed by atoms with Crippen LogP contribution in [0.4, 0.5) is 0 Å². The average molecular weight is 303 g/mol. The van der Waals surface area contributed by atoms with E-state index in [1.54, 1.807) is 0 Å². The van der Waals surface area contributed by atoms with Gasteiger partial charge < -0.3 is 9.84 Å². The summed E-state index contributed by atoms with van der Waals surface area (Å²) in [7, 11) is 0. The number of rotatable bonds is 4. The third-order valence-corrected chi connectivity index (χ3v) is 5.11. The lowest BCUT2D eigenvalue weighted by Gasteiger charge is -2.34. The Hall–Kier alpha value is -1.39. The fraction of sp³-hybridized carbons (Fsp3) is 0.611. The van der Waals surface area contributed by atoms with Gasteiger partial charge in [-0.2, -0.15) is 0 Å². The van der Waals surface area contributed by atoms with Crippen molar-refractivity contribution in [1.29, 1.82) is 0 Å². The summed E-state index contributed by atoms with van der Waals surface area (Å²) in [6, 6.07) is 8.25. The van der Waals surface area contributed by atoms with Crippen LogP contribution in [0.5, 0.6) is 0 Å². The molecule has 1 aliphatic heterocycles. The highest BCUT2D eigenvalue weighted by Crippen LogP contribution is 2.40. The Labute approximate surface area is 132 Å². The van der Waals surface area contributed by atoms with Gasteiger partial charge in [-0.15, -0.1) is 0 Å². The van der Waals surface area contributed by atoms with Gasteiger partial charge in [0.1, 0.15) is 0 Å². The van der Waals surface area contributed by atoms with Crippen molar-refractivity contribution >= 4 is 5.97 Å². The van der Waals surface area contributed by atoms with Crippen molar-refractivity contribution in [3.63, 3.8) is 0 Å². The highest BCUT2D eigenvalue weighted by Gasteiger charge is 2.41. The first-order chi connectivity index (χ1) is 10.7. The van der Waals surface area contributed by atoms with E-state index in [0.717, 1.165) is 70.5 Å². The number of aliphatic carboxylic acids is 1. The van der Waals surface area contributed by atoms with Crippen LogP contribution in [-0.2, 0) is 21.5 Å². The standard InChI is InChI=1S/C18H25NO3/c20-17(21)18(7-2-1-3-8-18)16-6-4-5-15(13-16)14-19-9-11-22-12-10-19/h4-6,13H,1-3,7-12,14H2,(H,20,21). The minimum absolute atomic E-state index is 0.657. The molecule has 0 radical (unpaired) electrons. The van der Waals surface area contributed by atoms with E-state index < -0.39 is 11.4 Å². The fourth-order valence-corrected chi connectivity index (χ4v) is 3.77. The van der Waals surface area contributed by atoms with E-state index in [0.29, 0.717) is 0 Å². The normalized spacial score (nSPS) is 22.4. The third-order valence-electron chi connectivity index (χ3n) is 5.11. The van der Waals surface area contributed by atoms with Crippen molar-refractivity contribution < 1.29 is 14.6 Å². The molecule has 1 aromatic rings. The number of hydrogen-bond donors (Lipinski definition) is 1. The topological polar surface area (TPSA) is 49.8 Å². The predicted molar refractivity (Wildman–Crippen MR) is 84.9 cm³/mol. The molecule has 2 aliphatic rings. The molecule has 1 saturated carbocycles. The zero-order valence-electron chi connectivity index (χ0n) is 13.1. The van der Waals surface area contributed by atoms with Crippen LogP contribution < -0.4 is 0 Å². The summed E-state index contributed by atoms with van der Waals surface area (Å²) in [5, 5.41) is 9.83. The molecule has 0 atom stereocenters. The zero-order valence-corrected chi connectivity index (χ0v) is 13.1. The Morgan fingerprint density at radius 1 is 1.18 bits per heavy atom. The van der Waals surface area contributed by atoms with Gasteiger partial charge in [0.25, 0.3) is 0 Å². The van der Waals surface area contributed by atoms with Crippen LogP contribution in [0.15, 0.2) is 24.3 Å². The van der Waals surface area contributed by atoms with E-state index in [4.69, 9.17) is 4.74 Å². The molecule has 2 fully saturated rings. The molecule has 120 valence electrons. The lowest BCUT2D eigenvalue weighted by Crippen LogP contribution is -2.38. The van der Waals surface area contributed by atoms with Crippen LogP contribution in [0.1, 0.15) is 43.2 Å². The van der Waals surface area contributed by atoms with Crippen molar-refractivity contribution in [3.05, 3.63) is 35.4 Å². The van der Waals surface area contributed by atoms with Crippen molar-refractivity contribution in [2.45, 2.75) is 44.1 Å². The van der Waals surface area contributed by atoms with E-state index in [1.807, 2.05) is 12.1 Å². The Morgan fingerprint density at radius 3 is 2.59 bits per heavy atom. The molecule has 4 heteroatoms. The third kappa shape index (κ3) is 3.18. The summed E-state index contributed by atoms with van der Waals surface area (Å²) < 4.78 is 5.38. The quantitative estimate of drug-likeness (QED) is 0.929. The predicted octanol–water partition coefficient (Wildman–Crippen LogP) is 2.81. The molecule has 0 unspecified atom stereocenters. The molecule has 1 heterocycles. The molecule has 0 spiro atoms. The van der Waals surface area contributed by atoms with Gasteiger partial charge in [-0.1, -0.05) is 43.5 Å². The molecule has 0 amide bonds. The highest BCUT2D eigenvalue weighted by atomic mass is 16.5. The van der Waals surface area contributed by atoms with Crippen LogP contribution in [-0.4, -0.2) is 42.3 Å². The van der Waals surface area contributed by atoms with Crippen LogP contribution in [0.2, 0.25) is 0 Å². The molecule has 4 nitrogen and oxygen atoms in total. The van der Waals surface area contributed by atoms with Gasteiger partial charge in [-0.3, -0.25) is 9.69 Å². The SMILES string of the molecule is O=C(O)C1(c2cccc(CN3CCOCC3)c2)CCCCC1. The van der Waals surface area contributed by atoms with E-state index in [1.165, 1.54) is 5.56 Å². The lowest BCUT2D eigenvalue weighted by atomic mass is 9.69. The van der Waals surface area contributed by atoms with Crippen molar-refractivity contribution in [2.75, 3.05) is 26.3 Å². The van der Waals surface area contributed by atoms with Crippen LogP contribution >= 0.6 is 0 Å². The number of nitrogens with zero attached hydrogens (tertiary/aromatic N) is 1. The number of carboxylic acids is 1. The molecule has 0 aromatic heterocycles. The number of benzene rings is 1. The maximum Gasteiger partial charge on any atom is 0.314 e. The largest absolute Gasteiger partial charge is 0.481 e. The molecule has 1 aliphatic carbocycles.